The second kappa shape index (κ2) is 5.97. The summed E-state index contributed by atoms with van der Waals surface area (Å²) in [5.41, 5.74) is 0.255. The molecule has 1 aromatic carbocycles. The van der Waals surface area contributed by atoms with Gasteiger partial charge in [0.2, 0.25) is 5.91 Å². The second-order valence-electron chi connectivity index (χ2n) is 3.40. The lowest BCUT2D eigenvalue weighted by molar-refractivity contribution is -0.113. The Hall–Kier alpha value is -1.40. The van der Waals surface area contributed by atoms with E-state index < -0.39 is 11.6 Å². The number of hydrogen-bond acceptors (Lipinski definition) is 3. The van der Waals surface area contributed by atoms with Gasteiger partial charge in [-0.15, -0.1) is 23.1 Å². The molecule has 0 fully saturated rings. The third kappa shape index (κ3) is 3.54. The Morgan fingerprint density at radius 3 is 2.78 bits per heavy atom. The largest absolute Gasteiger partial charge is 0.325 e. The fourth-order valence-electron chi connectivity index (χ4n) is 1.25. The van der Waals surface area contributed by atoms with Crippen LogP contribution < -0.4 is 5.32 Å². The highest BCUT2D eigenvalue weighted by molar-refractivity contribution is 8.01. The van der Waals surface area contributed by atoms with Crippen molar-refractivity contribution >= 4 is 34.7 Å². The van der Waals surface area contributed by atoms with Crippen LogP contribution in [0.5, 0.6) is 0 Å². The Kier molecular flexibility index (Phi) is 4.33. The van der Waals surface area contributed by atoms with E-state index in [9.17, 15) is 13.6 Å². The molecule has 0 saturated heterocycles. The smallest absolute Gasteiger partial charge is 0.234 e. The van der Waals surface area contributed by atoms with E-state index in [1.54, 1.807) is 11.3 Å². The minimum absolute atomic E-state index is 0.236. The van der Waals surface area contributed by atoms with Gasteiger partial charge in [0.1, 0.15) is 0 Å². The van der Waals surface area contributed by atoms with Crippen LogP contribution in [-0.4, -0.2) is 11.7 Å². The average molecular weight is 285 g/mol. The van der Waals surface area contributed by atoms with E-state index in [2.05, 4.69) is 5.32 Å². The first-order valence-electron chi connectivity index (χ1n) is 5.06. The molecule has 2 aromatic rings. The van der Waals surface area contributed by atoms with E-state index in [1.165, 1.54) is 17.8 Å². The van der Waals surface area contributed by atoms with E-state index >= 15 is 0 Å². The summed E-state index contributed by atoms with van der Waals surface area (Å²) in [6.45, 7) is 0. The lowest BCUT2D eigenvalue weighted by Gasteiger charge is -2.04. The standard InChI is InChI=1S/C12H9F2NOS2/c13-9-4-3-8(6-10(9)14)15-11(16)7-18-12-2-1-5-17-12/h1-6H,7H2,(H,15,16). The molecule has 1 amide bonds. The molecule has 1 heterocycles. The lowest BCUT2D eigenvalue weighted by atomic mass is 10.3. The molecular formula is C12H9F2NOS2. The van der Waals surface area contributed by atoms with Crippen LogP contribution in [0.1, 0.15) is 0 Å². The van der Waals surface area contributed by atoms with Gasteiger partial charge in [0.05, 0.1) is 9.96 Å². The maximum atomic E-state index is 12.9. The van der Waals surface area contributed by atoms with Crippen molar-refractivity contribution < 1.29 is 13.6 Å². The summed E-state index contributed by atoms with van der Waals surface area (Å²) >= 11 is 2.95. The molecule has 94 valence electrons. The van der Waals surface area contributed by atoms with Crippen LogP contribution in [-0.2, 0) is 4.79 Å². The summed E-state index contributed by atoms with van der Waals surface area (Å²) in [6.07, 6.45) is 0. The van der Waals surface area contributed by atoms with Gasteiger partial charge >= 0.3 is 0 Å². The van der Waals surface area contributed by atoms with E-state index in [4.69, 9.17) is 0 Å². The molecule has 0 saturated carbocycles. The van der Waals surface area contributed by atoms with Gasteiger partial charge in [-0.25, -0.2) is 8.78 Å². The highest BCUT2D eigenvalue weighted by Crippen LogP contribution is 2.23. The molecule has 1 N–H and O–H groups in total. The third-order valence-electron chi connectivity index (χ3n) is 2.04. The first-order valence-corrected chi connectivity index (χ1v) is 6.93. The molecule has 0 aliphatic rings. The van der Waals surface area contributed by atoms with Crippen LogP contribution in [0.15, 0.2) is 39.9 Å². The minimum Gasteiger partial charge on any atom is -0.325 e. The fourth-order valence-corrected chi connectivity index (χ4v) is 2.84. The molecule has 0 radical (unpaired) electrons. The van der Waals surface area contributed by atoms with Crippen LogP contribution >= 0.6 is 23.1 Å². The zero-order valence-electron chi connectivity index (χ0n) is 9.15. The summed E-state index contributed by atoms with van der Waals surface area (Å²) in [5.74, 6) is -1.92. The topological polar surface area (TPSA) is 29.1 Å². The average Bonchev–Trinajstić information content (AvgIpc) is 2.84. The number of thiophene rings is 1. The summed E-state index contributed by atoms with van der Waals surface area (Å²) in [5, 5.41) is 4.44. The molecule has 0 unspecified atom stereocenters. The summed E-state index contributed by atoms with van der Waals surface area (Å²) < 4.78 is 26.6. The highest BCUT2D eigenvalue weighted by atomic mass is 32.2. The second-order valence-corrected chi connectivity index (χ2v) is 5.62. The van der Waals surface area contributed by atoms with Gasteiger partial charge in [-0.2, -0.15) is 0 Å². The molecule has 0 aliphatic carbocycles. The number of thioether (sulfide) groups is 1. The first kappa shape index (κ1) is 13.0. The molecule has 0 bridgehead atoms. The number of rotatable bonds is 4. The Balaban J connectivity index is 1.88. The summed E-state index contributed by atoms with van der Waals surface area (Å²) in [7, 11) is 0. The number of nitrogens with one attached hydrogen (secondary N) is 1. The van der Waals surface area contributed by atoms with Gasteiger partial charge in [-0.05, 0) is 23.6 Å². The quantitative estimate of drug-likeness (QED) is 0.867. The molecule has 18 heavy (non-hydrogen) atoms. The highest BCUT2D eigenvalue weighted by Gasteiger charge is 2.07. The number of carbonyl (C=O) groups excluding carboxylic acids is 1. The first-order chi connectivity index (χ1) is 8.65. The normalized spacial score (nSPS) is 10.3. The summed E-state index contributed by atoms with van der Waals surface area (Å²) in [6, 6.07) is 7.09. The molecule has 2 rings (SSSR count). The predicted molar refractivity (Wildman–Crippen MR) is 70.0 cm³/mol. The van der Waals surface area contributed by atoms with Crippen molar-refractivity contribution in [3.05, 3.63) is 47.3 Å². The number of hydrogen-bond donors (Lipinski definition) is 1. The number of benzene rings is 1. The maximum absolute atomic E-state index is 12.9. The summed E-state index contributed by atoms with van der Waals surface area (Å²) in [4.78, 5) is 11.6. The fraction of sp³-hybridized carbons (Fsp3) is 0.0833. The van der Waals surface area contributed by atoms with E-state index in [-0.39, 0.29) is 17.3 Å². The number of halogens is 2. The van der Waals surface area contributed by atoms with Gasteiger partial charge in [0.15, 0.2) is 11.6 Å². The van der Waals surface area contributed by atoms with Crippen LogP contribution in [0.25, 0.3) is 0 Å². The van der Waals surface area contributed by atoms with E-state index in [0.29, 0.717) is 0 Å². The lowest BCUT2D eigenvalue weighted by Crippen LogP contribution is -2.14. The molecule has 6 heteroatoms. The zero-order valence-corrected chi connectivity index (χ0v) is 10.8. The maximum Gasteiger partial charge on any atom is 0.234 e. The molecule has 0 aliphatic heterocycles. The Labute approximate surface area is 111 Å². The van der Waals surface area contributed by atoms with Gasteiger partial charge in [0, 0.05) is 11.8 Å². The SMILES string of the molecule is O=C(CSc1cccs1)Nc1ccc(F)c(F)c1. The third-order valence-corrected chi connectivity index (χ3v) is 4.17. The van der Waals surface area contributed by atoms with Crippen molar-refractivity contribution in [1.29, 1.82) is 0 Å². The number of amides is 1. The van der Waals surface area contributed by atoms with Crippen LogP contribution in [0.4, 0.5) is 14.5 Å². The Morgan fingerprint density at radius 1 is 1.28 bits per heavy atom. The zero-order chi connectivity index (χ0) is 13.0. The van der Waals surface area contributed by atoms with Crippen molar-refractivity contribution in [2.24, 2.45) is 0 Å². The van der Waals surface area contributed by atoms with Crippen LogP contribution in [0.2, 0.25) is 0 Å². The number of carbonyl (C=O) groups is 1. The van der Waals surface area contributed by atoms with Gasteiger partial charge in [0.25, 0.3) is 0 Å². The van der Waals surface area contributed by atoms with Crippen molar-refractivity contribution in [3.8, 4) is 0 Å². The van der Waals surface area contributed by atoms with Crippen molar-refractivity contribution in [2.45, 2.75) is 4.21 Å². The van der Waals surface area contributed by atoms with Crippen molar-refractivity contribution in [2.75, 3.05) is 11.1 Å². The Morgan fingerprint density at radius 2 is 2.11 bits per heavy atom. The molecule has 0 atom stereocenters. The molecule has 1 aromatic heterocycles. The molecule has 0 spiro atoms. The molecule has 2 nitrogen and oxygen atoms in total. The van der Waals surface area contributed by atoms with E-state index in [0.717, 1.165) is 16.3 Å². The van der Waals surface area contributed by atoms with Crippen molar-refractivity contribution in [1.82, 2.24) is 0 Å². The van der Waals surface area contributed by atoms with Gasteiger partial charge in [-0.3, -0.25) is 4.79 Å². The monoisotopic (exact) mass is 285 g/mol. The minimum atomic E-state index is -0.973. The van der Waals surface area contributed by atoms with Gasteiger partial charge < -0.3 is 5.32 Å². The van der Waals surface area contributed by atoms with Crippen LogP contribution in [0.3, 0.4) is 0 Å². The van der Waals surface area contributed by atoms with Gasteiger partial charge in [-0.1, -0.05) is 6.07 Å². The van der Waals surface area contributed by atoms with Crippen molar-refractivity contribution in [3.63, 3.8) is 0 Å². The molecular weight excluding hydrogens is 276 g/mol. The van der Waals surface area contributed by atoms with Crippen LogP contribution in [0, 0.1) is 11.6 Å². The predicted octanol–water partition coefficient (Wildman–Crippen LogP) is 3.76. The Bertz CT molecular complexity index is 543. The number of anilines is 1. The van der Waals surface area contributed by atoms with E-state index in [1.807, 2.05) is 17.5 Å².